The summed E-state index contributed by atoms with van der Waals surface area (Å²) in [5.41, 5.74) is 1.37. The molecule has 0 saturated heterocycles. The third kappa shape index (κ3) is 5.40. The molecule has 4 heteroatoms. The molecule has 1 fully saturated rings. The van der Waals surface area contributed by atoms with Gasteiger partial charge in [0, 0.05) is 16.6 Å². The van der Waals surface area contributed by atoms with Crippen molar-refractivity contribution in [3.8, 4) is 0 Å². The summed E-state index contributed by atoms with van der Waals surface area (Å²) < 4.78 is 1.12. The second-order valence-electron chi connectivity index (χ2n) is 6.32. The molecule has 1 aromatic carbocycles. The summed E-state index contributed by atoms with van der Waals surface area (Å²) in [6, 6.07) is 9.55. The van der Waals surface area contributed by atoms with Gasteiger partial charge in [0.15, 0.2) is 0 Å². The van der Waals surface area contributed by atoms with E-state index in [2.05, 4.69) is 52.4 Å². The SMILES string of the molecule is CCC(CCc1ccc(Br)cc1)NC1CCC(C(=O)O)CC1. The highest BCUT2D eigenvalue weighted by atomic mass is 79.9. The van der Waals surface area contributed by atoms with Gasteiger partial charge in [-0.1, -0.05) is 35.0 Å². The van der Waals surface area contributed by atoms with Crippen LogP contribution >= 0.6 is 15.9 Å². The summed E-state index contributed by atoms with van der Waals surface area (Å²) in [7, 11) is 0. The molecule has 1 saturated carbocycles. The van der Waals surface area contributed by atoms with Crippen molar-refractivity contribution in [3.63, 3.8) is 0 Å². The Balaban J connectivity index is 1.75. The van der Waals surface area contributed by atoms with Crippen LogP contribution in [0.15, 0.2) is 28.7 Å². The van der Waals surface area contributed by atoms with Crippen LogP contribution in [0.4, 0.5) is 0 Å². The van der Waals surface area contributed by atoms with Crippen molar-refractivity contribution in [1.29, 1.82) is 0 Å². The largest absolute Gasteiger partial charge is 0.481 e. The number of aryl methyl sites for hydroxylation is 1. The fourth-order valence-corrected chi connectivity index (χ4v) is 3.50. The highest BCUT2D eigenvalue weighted by Gasteiger charge is 2.26. The van der Waals surface area contributed by atoms with Crippen LogP contribution < -0.4 is 5.32 Å². The Kier molecular flexibility index (Phi) is 6.90. The summed E-state index contributed by atoms with van der Waals surface area (Å²) in [4.78, 5) is 11.0. The van der Waals surface area contributed by atoms with Gasteiger partial charge in [0.05, 0.1) is 5.92 Å². The molecule has 0 radical (unpaired) electrons. The minimum atomic E-state index is -0.624. The number of nitrogens with one attached hydrogen (secondary N) is 1. The van der Waals surface area contributed by atoms with Crippen LogP contribution in [0.1, 0.15) is 51.0 Å². The molecular weight excluding hydrogens is 342 g/mol. The highest BCUT2D eigenvalue weighted by molar-refractivity contribution is 9.10. The number of benzene rings is 1. The Morgan fingerprint density at radius 1 is 1.27 bits per heavy atom. The molecular formula is C18H26BrNO2. The van der Waals surface area contributed by atoms with Crippen molar-refractivity contribution in [2.24, 2.45) is 5.92 Å². The first-order valence-electron chi connectivity index (χ1n) is 8.31. The van der Waals surface area contributed by atoms with E-state index >= 15 is 0 Å². The highest BCUT2D eigenvalue weighted by Crippen LogP contribution is 2.25. The van der Waals surface area contributed by atoms with Gasteiger partial charge < -0.3 is 10.4 Å². The molecule has 0 bridgehead atoms. The topological polar surface area (TPSA) is 49.3 Å². The number of rotatable bonds is 7. The van der Waals surface area contributed by atoms with Crippen molar-refractivity contribution in [2.75, 3.05) is 0 Å². The number of halogens is 1. The van der Waals surface area contributed by atoms with Gasteiger partial charge in [-0.25, -0.2) is 0 Å². The zero-order valence-corrected chi connectivity index (χ0v) is 14.8. The molecule has 0 heterocycles. The van der Waals surface area contributed by atoms with E-state index in [1.807, 2.05) is 0 Å². The van der Waals surface area contributed by atoms with Crippen molar-refractivity contribution < 1.29 is 9.90 Å². The van der Waals surface area contributed by atoms with Gasteiger partial charge in [0.25, 0.3) is 0 Å². The van der Waals surface area contributed by atoms with E-state index in [4.69, 9.17) is 5.11 Å². The molecule has 0 amide bonds. The van der Waals surface area contributed by atoms with Crippen LogP contribution in [-0.4, -0.2) is 23.2 Å². The minimum absolute atomic E-state index is 0.124. The molecule has 122 valence electrons. The van der Waals surface area contributed by atoms with Crippen LogP contribution in [0.3, 0.4) is 0 Å². The Bertz CT molecular complexity index is 466. The second kappa shape index (κ2) is 8.68. The number of hydrogen-bond acceptors (Lipinski definition) is 2. The molecule has 22 heavy (non-hydrogen) atoms. The third-order valence-electron chi connectivity index (χ3n) is 4.74. The van der Waals surface area contributed by atoms with Crippen molar-refractivity contribution in [1.82, 2.24) is 5.32 Å². The van der Waals surface area contributed by atoms with E-state index in [1.165, 1.54) is 5.56 Å². The maximum Gasteiger partial charge on any atom is 0.306 e. The van der Waals surface area contributed by atoms with Gasteiger partial charge in [-0.2, -0.15) is 0 Å². The smallest absolute Gasteiger partial charge is 0.306 e. The lowest BCUT2D eigenvalue weighted by Gasteiger charge is -2.30. The summed E-state index contributed by atoms with van der Waals surface area (Å²) in [5, 5.41) is 12.8. The van der Waals surface area contributed by atoms with Gasteiger partial charge in [0.2, 0.25) is 0 Å². The predicted molar refractivity (Wildman–Crippen MR) is 93.1 cm³/mol. The molecule has 2 N–H and O–H groups in total. The van der Waals surface area contributed by atoms with Crippen molar-refractivity contribution >= 4 is 21.9 Å². The van der Waals surface area contributed by atoms with Crippen molar-refractivity contribution in [3.05, 3.63) is 34.3 Å². The molecule has 0 spiro atoms. The monoisotopic (exact) mass is 367 g/mol. The molecule has 0 aromatic heterocycles. The molecule has 2 rings (SSSR count). The zero-order valence-electron chi connectivity index (χ0n) is 13.2. The number of hydrogen-bond donors (Lipinski definition) is 2. The number of aliphatic carboxylic acids is 1. The standard InChI is InChI=1S/C18H26BrNO2/c1-2-16(10-5-13-3-8-15(19)9-4-13)20-17-11-6-14(7-12-17)18(21)22/h3-4,8-9,14,16-17,20H,2,5-7,10-12H2,1H3,(H,21,22). The maximum absolute atomic E-state index is 11.0. The summed E-state index contributed by atoms with van der Waals surface area (Å²) >= 11 is 3.47. The van der Waals surface area contributed by atoms with E-state index in [0.717, 1.165) is 49.4 Å². The van der Waals surface area contributed by atoms with E-state index < -0.39 is 5.97 Å². The Labute approximate surface area is 141 Å². The van der Waals surface area contributed by atoms with Crippen LogP contribution in [-0.2, 0) is 11.2 Å². The maximum atomic E-state index is 11.0. The Morgan fingerprint density at radius 2 is 1.91 bits per heavy atom. The average Bonchev–Trinajstić information content (AvgIpc) is 2.53. The minimum Gasteiger partial charge on any atom is -0.481 e. The predicted octanol–water partition coefficient (Wildman–Crippen LogP) is 4.39. The molecule has 3 nitrogen and oxygen atoms in total. The van der Waals surface area contributed by atoms with Crippen molar-refractivity contribution in [2.45, 2.75) is 64.0 Å². The van der Waals surface area contributed by atoms with Gasteiger partial charge >= 0.3 is 5.97 Å². The van der Waals surface area contributed by atoms with Crippen LogP contribution in [0.2, 0.25) is 0 Å². The number of carboxylic acid groups (broad SMARTS) is 1. The number of carbonyl (C=O) groups is 1. The molecule has 1 aromatic rings. The fraction of sp³-hybridized carbons (Fsp3) is 0.611. The van der Waals surface area contributed by atoms with E-state index in [0.29, 0.717) is 12.1 Å². The molecule has 1 atom stereocenters. The Morgan fingerprint density at radius 3 is 2.45 bits per heavy atom. The lowest BCUT2D eigenvalue weighted by Crippen LogP contribution is -2.41. The summed E-state index contributed by atoms with van der Waals surface area (Å²) in [5.74, 6) is -0.748. The first-order valence-corrected chi connectivity index (χ1v) is 9.11. The van der Waals surface area contributed by atoms with E-state index in [-0.39, 0.29) is 5.92 Å². The average molecular weight is 368 g/mol. The van der Waals surface area contributed by atoms with Crippen LogP contribution in [0.5, 0.6) is 0 Å². The van der Waals surface area contributed by atoms with E-state index in [1.54, 1.807) is 0 Å². The van der Waals surface area contributed by atoms with Gasteiger partial charge in [-0.3, -0.25) is 4.79 Å². The van der Waals surface area contributed by atoms with Crippen LogP contribution in [0.25, 0.3) is 0 Å². The van der Waals surface area contributed by atoms with Gasteiger partial charge in [0.1, 0.15) is 0 Å². The molecule has 1 aliphatic carbocycles. The fourth-order valence-electron chi connectivity index (χ4n) is 3.24. The quantitative estimate of drug-likeness (QED) is 0.750. The second-order valence-corrected chi connectivity index (χ2v) is 7.24. The van der Waals surface area contributed by atoms with E-state index in [9.17, 15) is 4.79 Å². The van der Waals surface area contributed by atoms with Gasteiger partial charge in [-0.05, 0) is 62.6 Å². The summed E-state index contributed by atoms with van der Waals surface area (Å²) in [6.45, 7) is 2.22. The van der Waals surface area contributed by atoms with Gasteiger partial charge in [-0.15, -0.1) is 0 Å². The lowest BCUT2D eigenvalue weighted by molar-refractivity contribution is -0.142. The third-order valence-corrected chi connectivity index (χ3v) is 5.26. The Hall–Kier alpha value is -0.870. The first kappa shape index (κ1) is 17.5. The van der Waals surface area contributed by atoms with Crippen LogP contribution in [0, 0.1) is 5.92 Å². The molecule has 0 aliphatic heterocycles. The lowest BCUT2D eigenvalue weighted by atomic mass is 9.85. The number of carboxylic acids is 1. The molecule has 1 unspecified atom stereocenters. The molecule has 1 aliphatic rings. The summed E-state index contributed by atoms with van der Waals surface area (Å²) in [6.07, 6.45) is 6.96. The zero-order chi connectivity index (χ0) is 15.9. The first-order chi connectivity index (χ1) is 10.6. The normalized spacial score (nSPS) is 23.2.